The monoisotopic (exact) mass is 292 g/mol. The third kappa shape index (κ3) is 3.95. The first-order valence-electron chi connectivity index (χ1n) is 6.93. The number of hydrogen-bond acceptors (Lipinski definition) is 4. The summed E-state index contributed by atoms with van der Waals surface area (Å²) in [4.78, 5) is 26.1. The van der Waals surface area contributed by atoms with Gasteiger partial charge in [-0.2, -0.15) is 0 Å². The van der Waals surface area contributed by atoms with Gasteiger partial charge in [-0.25, -0.2) is 0 Å². The van der Waals surface area contributed by atoms with Crippen molar-refractivity contribution in [3.05, 3.63) is 29.8 Å². The Hall–Kier alpha value is -2.08. The summed E-state index contributed by atoms with van der Waals surface area (Å²) in [5, 5.41) is 2.72. The summed E-state index contributed by atoms with van der Waals surface area (Å²) in [5.41, 5.74) is 0.468. The zero-order valence-electron chi connectivity index (χ0n) is 12.3. The van der Waals surface area contributed by atoms with Crippen molar-refractivity contribution in [2.75, 3.05) is 33.4 Å². The van der Waals surface area contributed by atoms with Gasteiger partial charge in [-0.3, -0.25) is 9.59 Å². The number of rotatable bonds is 4. The van der Waals surface area contributed by atoms with E-state index >= 15 is 0 Å². The largest absolute Gasteiger partial charge is 0.497 e. The van der Waals surface area contributed by atoms with E-state index in [2.05, 4.69) is 5.32 Å². The van der Waals surface area contributed by atoms with Gasteiger partial charge in [0.25, 0.3) is 5.91 Å². The molecule has 0 spiro atoms. The number of morpholine rings is 1. The van der Waals surface area contributed by atoms with Crippen LogP contribution in [0.3, 0.4) is 0 Å². The normalized spacial score (nSPS) is 16.2. The molecule has 1 aliphatic heterocycles. The van der Waals surface area contributed by atoms with Crippen LogP contribution in [0.25, 0.3) is 0 Å². The molecule has 1 N–H and O–H groups in total. The molecule has 1 saturated heterocycles. The molecule has 114 valence electrons. The molecule has 1 heterocycles. The van der Waals surface area contributed by atoms with E-state index in [4.69, 9.17) is 9.47 Å². The fraction of sp³-hybridized carbons (Fsp3) is 0.467. The number of carbonyl (C=O) groups is 2. The molecule has 0 unspecified atom stereocenters. The van der Waals surface area contributed by atoms with Crippen LogP contribution >= 0.6 is 0 Å². The van der Waals surface area contributed by atoms with Crippen LogP contribution in [-0.2, 0) is 9.53 Å². The summed E-state index contributed by atoms with van der Waals surface area (Å²) >= 11 is 0. The lowest BCUT2D eigenvalue weighted by molar-refractivity contribution is -0.136. The number of benzene rings is 1. The van der Waals surface area contributed by atoms with Gasteiger partial charge in [-0.15, -0.1) is 0 Å². The summed E-state index contributed by atoms with van der Waals surface area (Å²) in [6.45, 7) is 3.91. The molecule has 0 bridgehead atoms. The third-order valence-corrected chi connectivity index (χ3v) is 3.37. The highest BCUT2D eigenvalue weighted by Crippen LogP contribution is 2.12. The molecule has 0 aromatic heterocycles. The number of methoxy groups -OCH3 is 1. The number of carbonyl (C=O) groups excluding carboxylic acids is 2. The number of ether oxygens (including phenoxy) is 2. The number of hydrogen-bond donors (Lipinski definition) is 1. The number of amides is 2. The number of nitrogens with zero attached hydrogens (tertiary/aromatic N) is 1. The zero-order chi connectivity index (χ0) is 15.2. The first kappa shape index (κ1) is 15.3. The van der Waals surface area contributed by atoms with E-state index in [1.54, 1.807) is 43.2 Å². The second-order valence-corrected chi connectivity index (χ2v) is 4.86. The maximum absolute atomic E-state index is 12.2. The van der Waals surface area contributed by atoms with Crippen molar-refractivity contribution in [3.63, 3.8) is 0 Å². The SMILES string of the molecule is COc1cccc(C(=O)N[C@@H](C)C(=O)N2CCOCC2)c1. The highest BCUT2D eigenvalue weighted by atomic mass is 16.5. The Morgan fingerprint density at radius 3 is 2.71 bits per heavy atom. The van der Waals surface area contributed by atoms with E-state index in [1.807, 2.05) is 0 Å². The topological polar surface area (TPSA) is 67.9 Å². The summed E-state index contributed by atoms with van der Waals surface area (Å²) in [5.74, 6) is 0.229. The summed E-state index contributed by atoms with van der Waals surface area (Å²) in [7, 11) is 1.54. The average Bonchev–Trinajstić information content (AvgIpc) is 2.54. The molecule has 1 atom stereocenters. The van der Waals surface area contributed by atoms with Gasteiger partial charge < -0.3 is 19.7 Å². The van der Waals surface area contributed by atoms with Crippen LogP contribution in [0.15, 0.2) is 24.3 Å². The van der Waals surface area contributed by atoms with Crippen molar-refractivity contribution >= 4 is 11.8 Å². The summed E-state index contributed by atoms with van der Waals surface area (Å²) in [6, 6.07) is 6.26. The minimum atomic E-state index is -0.568. The zero-order valence-corrected chi connectivity index (χ0v) is 12.3. The van der Waals surface area contributed by atoms with Crippen LogP contribution in [-0.4, -0.2) is 56.2 Å². The third-order valence-electron chi connectivity index (χ3n) is 3.37. The molecule has 1 aliphatic rings. The lowest BCUT2D eigenvalue weighted by Gasteiger charge is -2.29. The molecule has 0 saturated carbocycles. The van der Waals surface area contributed by atoms with E-state index in [9.17, 15) is 9.59 Å². The predicted octanol–water partition coefficient (Wildman–Crippen LogP) is 0.672. The second kappa shape index (κ2) is 7.08. The highest BCUT2D eigenvalue weighted by molar-refractivity contribution is 5.97. The smallest absolute Gasteiger partial charge is 0.252 e. The van der Waals surface area contributed by atoms with Crippen molar-refractivity contribution in [3.8, 4) is 5.75 Å². The van der Waals surface area contributed by atoms with Crippen molar-refractivity contribution in [2.24, 2.45) is 0 Å². The first-order chi connectivity index (χ1) is 10.1. The van der Waals surface area contributed by atoms with Crippen LogP contribution < -0.4 is 10.1 Å². The lowest BCUT2D eigenvalue weighted by Crippen LogP contribution is -2.50. The van der Waals surface area contributed by atoms with Gasteiger partial charge >= 0.3 is 0 Å². The Bertz CT molecular complexity index is 512. The summed E-state index contributed by atoms with van der Waals surface area (Å²) < 4.78 is 10.3. The first-order valence-corrected chi connectivity index (χ1v) is 6.93. The average molecular weight is 292 g/mol. The Morgan fingerprint density at radius 2 is 2.05 bits per heavy atom. The molecular formula is C15H20N2O4. The van der Waals surface area contributed by atoms with E-state index < -0.39 is 6.04 Å². The van der Waals surface area contributed by atoms with Crippen LogP contribution in [0, 0.1) is 0 Å². The Labute approximate surface area is 124 Å². The molecule has 0 aliphatic carbocycles. The molecular weight excluding hydrogens is 272 g/mol. The molecule has 0 radical (unpaired) electrons. The maximum atomic E-state index is 12.2. The van der Waals surface area contributed by atoms with Crippen LogP contribution in [0.4, 0.5) is 0 Å². The summed E-state index contributed by atoms with van der Waals surface area (Å²) in [6.07, 6.45) is 0. The lowest BCUT2D eigenvalue weighted by atomic mass is 10.2. The van der Waals surface area contributed by atoms with Crippen molar-refractivity contribution in [1.29, 1.82) is 0 Å². The molecule has 1 fully saturated rings. The molecule has 2 amide bonds. The number of nitrogens with one attached hydrogen (secondary N) is 1. The van der Waals surface area contributed by atoms with Gasteiger partial charge in [0.05, 0.1) is 20.3 Å². The molecule has 1 aromatic carbocycles. The quantitative estimate of drug-likeness (QED) is 0.886. The van der Waals surface area contributed by atoms with Crippen LogP contribution in [0.5, 0.6) is 5.75 Å². The highest BCUT2D eigenvalue weighted by Gasteiger charge is 2.24. The van der Waals surface area contributed by atoms with Gasteiger partial charge in [-0.1, -0.05) is 6.07 Å². The van der Waals surface area contributed by atoms with Crippen molar-refractivity contribution < 1.29 is 19.1 Å². The van der Waals surface area contributed by atoms with Crippen LogP contribution in [0.1, 0.15) is 17.3 Å². The van der Waals surface area contributed by atoms with Gasteiger partial charge in [0.15, 0.2) is 0 Å². The fourth-order valence-electron chi connectivity index (χ4n) is 2.16. The predicted molar refractivity (Wildman–Crippen MR) is 77.3 cm³/mol. The molecule has 6 heteroatoms. The molecule has 6 nitrogen and oxygen atoms in total. The van der Waals surface area contributed by atoms with Crippen LogP contribution in [0.2, 0.25) is 0 Å². The minimum Gasteiger partial charge on any atom is -0.497 e. The van der Waals surface area contributed by atoms with Crippen molar-refractivity contribution in [2.45, 2.75) is 13.0 Å². The van der Waals surface area contributed by atoms with E-state index in [0.29, 0.717) is 37.6 Å². The van der Waals surface area contributed by atoms with Gasteiger partial charge in [0.2, 0.25) is 5.91 Å². The Kier molecular flexibility index (Phi) is 5.16. The standard InChI is InChI=1S/C15H20N2O4/c1-11(15(19)17-6-8-21-9-7-17)16-14(18)12-4-3-5-13(10-12)20-2/h3-5,10-11H,6-9H2,1-2H3,(H,16,18)/t11-/m0/s1. The van der Waals surface area contributed by atoms with Crippen molar-refractivity contribution in [1.82, 2.24) is 10.2 Å². The van der Waals surface area contributed by atoms with E-state index in [-0.39, 0.29) is 11.8 Å². The Balaban J connectivity index is 1.96. The maximum Gasteiger partial charge on any atom is 0.252 e. The van der Waals surface area contributed by atoms with E-state index in [0.717, 1.165) is 0 Å². The van der Waals surface area contributed by atoms with Gasteiger partial charge in [0, 0.05) is 18.7 Å². The van der Waals surface area contributed by atoms with Gasteiger partial charge in [0.1, 0.15) is 11.8 Å². The van der Waals surface area contributed by atoms with Gasteiger partial charge in [-0.05, 0) is 25.1 Å². The van der Waals surface area contributed by atoms with E-state index in [1.165, 1.54) is 0 Å². The molecule has 1 aromatic rings. The fourth-order valence-corrected chi connectivity index (χ4v) is 2.16. The molecule has 21 heavy (non-hydrogen) atoms. The molecule has 2 rings (SSSR count). The second-order valence-electron chi connectivity index (χ2n) is 4.86. The Morgan fingerprint density at radius 1 is 1.33 bits per heavy atom. The minimum absolute atomic E-state index is 0.0884.